The molecule has 0 spiro atoms. The van der Waals surface area contributed by atoms with Gasteiger partial charge in [0.05, 0.1) is 12.3 Å². The minimum absolute atomic E-state index is 0.00652. The monoisotopic (exact) mass is 301 g/mol. The number of nitrogens with zero attached hydrogens (tertiary/aromatic N) is 2. The number of sulfonamides is 1. The van der Waals surface area contributed by atoms with Gasteiger partial charge in [0.25, 0.3) is 10.0 Å². The van der Waals surface area contributed by atoms with E-state index >= 15 is 0 Å². The normalized spacial score (nSPS) is 21.2. The van der Waals surface area contributed by atoms with Crippen molar-refractivity contribution < 1.29 is 13.2 Å². The number of aryl methyl sites for hydroxylation is 1. The third kappa shape index (κ3) is 3.39. The number of rotatable bonds is 6. The molecular formula is C13H23N3O3S. The molecule has 114 valence electrons. The van der Waals surface area contributed by atoms with E-state index in [0.717, 1.165) is 19.3 Å². The highest BCUT2D eigenvalue weighted by Crippen LogP contribution is 2.21. The fourth-order valence-electron chi connectivity index (χ4n) is 2.34. The highest BCUT2D eigenvalue weighted by molar-refractivity contribution is 7.89. The first-order chi connectivity index (χ1) is 9.57. The summed E-state index contributed by atoms with van der Waals surface area (Å²) < 4.78 is 32.3. The van der Waals surface area contributed by atoms with E-state index in [2.05, 4.69) is 9.97 Å². The van der Waals surface area contributed by atoms with Crippen LogP contribution in [-0.4, -0.2) is 48.5 Å². The van der Waals surface area contributed by atoms with Crippen molar-refractivity contribution in [3.63, 3.8) is 0 Å². The molecule has 0 bridgehead atoms. The van der Waals surface area contributed by atoms with Gasteiger partial charge in [-0.25, -0.2) is 13.4 Å². The van der Waals surface area contributed by atoms with Gasteiger partial charge in [0.15, 0.2) is 5.03 Å². The second-order valence-corrected chi connectivity index (χ2v) is 6.95. The summed E-state index contributed by atoms with van der Waals surface area (Å²) in [4.78, 5) is 6.95. The molecule has 1 fully saturated rings. The third-order valence-electron chi connectivity index (χ3n) is 3.46. The van der Waals surface area contributed by atoms with Gasteiger partial charge in [-0.1, -0.05) is 13.8 Å². The van der Waals surface area contributed by atoms with Crippen LogP contribution in [-0.2, 0) is 21.2 Å². The van der Waals surface area contributed by atoms with Crippen LogP contribution >= 0.6 is 0 Å². The average molecular weight is 301 g/mol. The number of H-pyrrole nitrogens is 1. The predicted octanol–water partition coefficient (Wildman–Crippen LogP) is 1.55. The van der Waals surface area contributed by atoms with E-state index in [-0.39, 0.29) is 11.1 Å². The molecule has 0 amide bonds. The molecule has 0 aliphatic carbocycles. The van der Waals surface area contributed by atoms with Gasteiger partial charge in [0.1, 0.15) is 5.82 Å². The van der Waals surface area contributed by atoms with Gasteiger partial charge in [-0.3, -0.25) is 0 Å². The molecule has 1 aliphatic rings. The summed E-state index contributed by atoms with van der Waals surface area (Å²) in [6.07, 6.45) is 4.82. The summed E-state index contributed by atoms with van der Waals surface area (Å²) in [7, 11) is -3.47. The molecule has 6 nitrogen and oxygen atoms in total. The van der Waals surface area contributed by atoms with Crippen molar-refractivity contribution in [2.24, 2.45) is 0 Å². The number of hydrogen-bond donors (Lipinski definition) is 1. The second kappa shape index (κ2) is 6.69. The Morgan fingerprint density at radius 1 is 1.50 bits per heavy atom. The molecule has 0 saturated carbocycles. The Morgan fingerprint density at radius 2 is 2.30 bits per heavy atom. The lowest BCUT2D eigenvalue weighted by atomic mass is 10.1. The highest BCUT2D eigenvalue weighted by Gasteiger charge is 2.31. The lowest BCUT2D eigenvalue weighted by Crippen LogP contribution is -2.43. The fraction of sp³-hybridized carbons (Fsp3) is 0.769. The predicted molar refractivity (Wildman–Crippen MR) is 76.0 cm³/mol. The number of hydrogen-bond acceptors (Lipinski definition) is 4. The van der Waals surface area contributed by atoms with Crippen LogP contribution in [0.3, 0.4) is 0 Å². The zero-order valence-corrected chi connectivity index (χ0v) is 12.9. The van der Waals surface area contributed by atoms with Crippen molar-refractivity contribution in [3.05, 3.63) is 12.0 Å². The Kier molecular flexibility index (Phi) is 5.17. The van der Waals surface area contributed by atoms with Crippen molar-refractivity contribution >= 4 is 10.0 Å². The Bertz CT molecular complexity index is 527. The van der Waals surface area contributed by atoms with Crippen LogP contribution in [0.2, 0.25) is 0 Å². The molecule has 1 aromatic heterocycles. The Labute approximate surface area is 120 Å². The Balaban J connectivity index is 2.08. The molecule has 1 atom stereocenters. The van der Waals surface area contributed by atoms with E-state index < -0.39 is 10.0 Å². The van der Waals surface area contributed by atoms with Crippen LogP contribution in [0.25, 0.3) is 0 Å². The molecule has 1 aliphatic heterocycles. The van der Waals surface area contributed by atoms with Crippen molar-refractivity contribution in [1.82, 2.24) is 14.3 Å². The number of piperidine rings is 1. The lowest BCUT2D eigenvalue weighted by molar-refractivity contribution is 0.0193. The second-order valence-electron chi connectivity index (χ2n) is 5.05. The first-order valence-electron chi connectivity index (χ1n) is 7.23. The first-order valence-corrected chi connectivity index (χ1v) is 8.67. The number of aromatic amines is 1. The van der Waals surface area contributed by atoms with Gasteiger partial charge in [0.2, 0.25) is 0 Å². The molecule has 1 unspecified atom stereocenters. The summed E-state index contributed by atoms with van der Waals surface area (Å²) in [5.74, 6) is 0.694. The molecule has 2 rings (SSSR count). The minimum Gasteiger partial charge on any atom is -0.377 e. The smallest absolute Gasteiger partial charge is 0.260 e. The molecule has 1 saturated heterocycles. The summed E-state index contributed by atoms with van der Waals surface area (Å²) in [5, 5.41) is 0.186. The molecular weight excluding hydrogens is 278 g/mol. The van der Waals surface area contributed by atoms with E-state index in [4.69, 9.17) is 4.74 Å². The van der Waals surface area contributed by atoms with Gasteiger partial charge < -0.3 is 9.72 Å². The standard InChI is InChI=1S/C13H23N3O3S/c1-3-8-19-11-6-5-7-16(10-11)20(17,18)13-9-14-12(4-2)15-13/h9,11H,3-8,10H2,1-2H3,(H,14,15). The Hall–Kier alpha value is -0.920. The van der Waals surface area contributed by atoms with Gasteiger partial charge in [-0.15, -0.1) is 0 Å². The van der Waals surface area contributed by atoms with E-state index in [1.165, 1.54) is 10.5 Å². The van der Waals surface area contributed by atoms with Crippen LogP contribution in [0.1, 0.15) is 38.9 Å². The van der Waals surface area contributed by atoms with Gasteiger partial charge in [-0.2, -0.15) is 4.31 Å². The van der Waals surface area contributed by atoms with Crippen molar-refractivity contribution in [2.45, 2.75) is 50.7 Å². The van der Waals surface area contributed by atoms with E-state index in [1.807, 2.05) is 13.8 Å². The van der Waals surface area contributed by atoms with Crippen LogP contribution < -0.4 is 0 Å². The summed E-state index contributed by atoms with van der Waals surface area (Å²) in [6, 6.07) is 0. The maximum atomic E-state index is 12.5. The van der Waals surface area contributed by atoms with Gasteiger partial charge >= 0.3 is 0 Å². The average Bonchev–Trinajstić information content (AvgIpc) is 2.95. The highest BCUT2D eigenvalue weighted by atomic mass is 32.2. The molecule has 20 heavy (non-hydrogen) atoms. The van der Waals surface area contributed by atoms with Gasteiger partial charge in [0, 0.05) is 26.1 Å². The van der Waals surface area contributed by atoms with Crippen LogP contribution in [0.4, 0.5) is 0 Å². The number of aromatic nitrogens is 2. The number of imidazole rings is 1. The fourth-order valence-corrected chi connectivity index (χ4v) is 3.78. The third-order valence-corrected chi connectivity index (χ3v) is 5.23. The van der Waals surface area contributed by atoms with Crippen molar-refractivity contribution in [1.29, 1.82) is 0 Å². The lowest BCUT2D eigenvalue weighted by Gasteiger charge is -2.31. The molecule has 0 radical (unpaired) electrons. The number of nitrogens with one attached hydrogen (secondary N) is 1. The molecule has 2 heterocycles. The Morgan fingerprint density at radius 3 is 2.95 bits per heavy atom. The van der Waals surface area contributed by atoms with E-state index in [1.54, 1.807) is 0 Å². The van der Waals surface area contributed by atoms with Crippen molar-refractivity contribution in [3.8, 4) is 0 Å². The van der Waals surface area contributed by atoms with Crippen LogP contribution in [0.15, 0.2) is 11.2 Å². The quantitative estimate of drug-likeness (QED) is 0.865. The largest absolute Gasteiger partial charge is 0.377 e. The molecule has 7 heteroatoms. The molecule has 0 aromatic carbocycles. The van der Waals surface area contributed by atoms with Crippen LogP contribution in [0.5, 0.6) is 0 Å². The molecule has 1 N–H and O–H groups in total. The first kappa shape index (κ1) is 15.5. The summed E-state index contributed by atoms with van der Waals surface area (Å²) in [5.41, 5.74) is 0. The molecule has 1 aromatic rings. The zero-order valence-electron chi connectivity index (χ0n) is 12.1. The minimum atomic E-state index is -3.47. The van der Waals surface area contributed by atoms with E-state index in [0.29, 0.717) is 31.9 Å². The van der Waals surface area contributed by atoms with Crippen molar-refractivity contribution in [2.75, 3.05) is 19.7 Å². The van der Waals surface area contributed by atoms with Gasteiger partial charge in [-0.05, 0) is 19.3 Å². The zero-order chi connectivity index (χ0) is 14.6. The van der Waals surface area contributed by atoms with Crippen LogP contribution in [0, 0.1) is 0 Å². The summed E-state index contributed by atoms with van der Waals surface area (Å²) in [6.45, 7) is 5.65. The van der Waals surface area contributed by atoms with E-state index in [9.17, 15) is 8.42 Å². The number of ether oxygens (including phenoxy) is 1. The maximum absolute atomic E-state index is 12.5. The SMILES string of the molecule is CCCOC1CCCN(S(=O)(=O)c2cnc(CC)[nH]2)C1. The topological polar surface area (TPSA) is 75.3 Å². The summed E-state index contributed by atoms with van der Waals surface area (Å²) >= 11 is 0. The maximum Gasteiger partial charge on any atom is 0.260 e.